The third-order valence-corrected chi connectivity index (χ3v) is 5.60. The minimum absolute atomic E-state index is 0.0167. The Labute approximate surface area is 139 Å². The molecule has 2 heterocycles. The molecule has 2 amide bonds. The normalized spacial score (nSPS) is 27.9. The van der Waals surface area contributed by atoms with Gasteiger partial charge >= 0.3 is 0 Å². The number of carbonyl (C=O) groups excluding carboxylic acids is 2. The number of nitrogens with one attached hydrogen (secondary N) is 1. The molecule has 0 aromatic rings. The van der Waals surface area contributed by atoms with Crippen LogP contribution in [0, 0.1) is 0 Å². The van der Waals surface area contributed by atoms with Crippen LogP contribution in [0.5, 0.6) is 0 Å². The van der Waals surface area contributed by atoms with Gasteiger partial charge in [-0.25, -0.2) is 0 Å². The third-order valence-electron chi connectivity index (χ3n) is 5.60. The number of amides is 2. The molecule has 0 bridgehead atoms. The fourth-order valence-electron chi connectivity index (χ4n) is 4.34. The lowest BCUT2D eigenvalue weighted by atomic mass is 10.1. The van der Waals surface area contributed by atoms with E-state index in [9.17, 15) is 9.59 Å². The molecule has 23 heavy (non-hydrogen) atoms. The summed E-state index contributed by atoms with van der Waals surface area (Å²) in [6.07, 6.45) is 11.5. The molecule has 1 saturated carbocycles. The summed E-state index contributed by atoms with van der Waals surface area (Å²) in [5, 5.41) is 3.10. The zero-order valence-electron chi connectivity index (χ0n) is 14.3. The van der Waals surface area contributed by atoms with E-state index in [1.165, 1.54) is 44.9 Å². The summed E-state index contributed by atoms with van der Waals surface area (Å²) in [5.41, 5.74) is 0. The molecule has 1 N–H and O–H groups in total. The molecule has 3 fully saturated rings. The Hall–Kier alpha value is -1.10. The summed E-state index contributed by atoms with van der Waals surface area (Å²) in [6.45, 7) is 3.28. The highest BCUT2D eigenvalue weighted by atomic mass is 16.2. The van der Waals surface area contributed by atoms with E-state index in [2.05, 4.69) is 15.1 Å². The summed E-state index contributed by atoms with van der Waals surface area (Å²) in [4.78, 5) is 28.8. The highest BCUT2D eigenvalue weighted by Gasteiger charge is 2.35. The Kier molecular flexibility index (Phi) is 5.92. The number of rotatable bonds is 4. The Balaban J connectivity index is 1.45. The van der Waals surface area contributed by atoms with Crippen molar-refractivity contribution in [1.29, 1.82) is 0 Å². The van der Waals surface area contributed by atoms with E-state index in [4.69, 9.17) is 0 Å². The lowest BCUT2D eigenvalue weighted by Crippen LogP contribution is -2.45. The monoisotopic (exact) mass is 321 g/mol. The second kappa shape index (κ2) is 8.13. The maximum Gasteiger partial charge on any atom is 0.234 e. The Morgan fingerprint density at radius 2 is 1.65 bits per heavy atom. The summed E-state index contributed by atoms with van der Waals surface area (Å²) in [6, 6.07) is 0.428. The van der Waals surface area contributed by atoms with Crippen LogP contribution in [0.1, 0.15) is 64.2 Å². The summed E-state index contributed by atoms with van der Waals surface area (Å²) >= 11 is 0. The summed E-state index contributed by atoms with van der Waals surface area (Å²) in [7, 11) is 0. The molecular formula is C18H31N3O2. The summed E-state index contributed by atoms with van der Waals surface area (Å²) in [5.74, 6) is 0.326. The predicted molar refractivity (Wildman–Crippen MR) is 90.0 cm³/mol. The fourth-order valence-corrected chi connectivity index (χ4v) is 4.34. The SMILES string of the molecule is O=C(CN1CCCCC1)NC1CC(=O)N(C2CCCCCC2)C1. The van der Waals surface area contributed by atoms with Crippen molar-refractivity contribution in [3.05, 3.63) is 0 Å². The molecule has 5 nitrogen and oxygen atoms in total. The van der Waals surface area contributed by atoms with Gasteiger partial charge in [0, 0.05) is 19.0 Å². The highest BCUT2D eigenvalue weighted by Crippen LogP contribution is 2.25. The van der Waals surface area contributed by atoms with Gasteiger partial charge in [0.2, 0.25) is 11.8 Å². The maximum absolute atomic E-state index is 12.3. The molecule has 3 rings (SSSR count). The van der Waals surface area contributed by atoms with E-state index < -0.39 is 0 Å². The molecule has 2 aliphatic heterocycles. The van der Waals surface area contributed by atoms with E-state index in [0.717, 1.165) is 32.5 Å². The van der Waals surface area contributed by atoms with Gasteiger partial charge in [-0.2, -0.15) is 0 Å². The molecule has 1 atom stereocenters. The molecule has 0 aromatic heterocycles. The molecule has 1 unspecified atom stereocenters. The first kappa shape index (κ1) is 16.7. The standard InChI is InChI=1S/C18H31N3O2/c22-17(14-20-10-6-3-7-11-20)19-15-12-18(23)21(13-15)16-8-4-1-2-5-9-16/h15-16H,1-14H2,(H,19,22). The van der Waals surface area contributed by atoms with Crippen LogP contribution in [0.2, 0.25) is 0 Å². The molecule has 0 aromatic carbocycles. The Bertz CT molecular complexity index is 412. The quantitative estimate of drug-likeness (QED) is 0.805. The summed E-state index contributed by atoms with van der Waals surface area (Å²) < 4.78 is 0. The number of nitrogens with zero attached hydrogens (tertiary/aromatic N) is 2. The van der Waals surface area contributed by atoms with Crippen molar-refractivity contribution >= 4 is 11.8 Å². The van der Waals surface area contributed by atoms with E-state index in [1.807, 2.05) is 0 Å². The molecule has 2 saturated heterocycles. The van der Waals surface area contributed by atoms with Crippen LogP contribution in [-0.2, 0) is 9.59 Å². The average Bonchev–Trinajstić information content (AvgIpc) is 2.76. The van der Waals surface area contributed by atoms with Crippen molar-refractivity contribution in [2.45, 2.75) is 76.3 Å². The van der Waals surface area contributed by atoms with E-state index in [-0.39, 0.29) is 17.9 Å². The molecule has 1 aliphatic carbocycles. The van der Waals surface area contributed by atoms with Crippen molar-refractivity contribution in [2.24, 2.45) is 0 Å². The average molecular weight is 321 g/mol. The molecule has 130 valence electrons. The fraction of sp³-hybridized carbons (Fsp3) is 0.889. The first-order valence-corrected chi connectivity index (χ1v) is 9.53. The van der Waals surface area contributed by atoms with Crippen LogP contribution in [-0.4, -0.2) is 59.9 Å². The van der Waals surface area contributed by atoms with Gasteiger partial charge in [0.25, 0.3) is 0 Å². The van der Waals surface area contributed by atoms with Crippen LogP contribution >= 0.6 is 0 Å². The van der Waals surface area contributed by atoms with Crippen LogP contribution in [0.15, 0.2) is 0 Å². The minimum Gasteiger partial charge on any atom is -0.350 e. The van der Waals surface area contributed by atoms with Crippen molar-refractivity contribution < 1.29 is 9.59 Å². The first-order valence-electron chi connectivity index (χ1n) is 9.53. The van der Waals surface area contributed by atoms with Crippen LogP contribution in [0.25, 0.3) is 0 Å². The second-order valence-electron chi connectivity index (χ2n) is 7.50. The smallest absolute Gasteiger partial charge is 0.234 e. The zero-order valence-corrected chi connectivity index (χ0v) is 14.3. The molecule has 0 spiro atoms. The number of hydrogen-bond donors (Lipinski definition) is 1. The number of likely N-dealkylation sites (tertiary alicyclic amines) is 2. The third kappa shape index (κ3) is 4.69. The van der Waals surface area contributed by atoms with Gasteiger partial charge in [-0.05, 0) is 38.8 Å². The lowest BCUT2D eigenvalue weighted by molar-refractivity contribution is -0.129. The van der Waals surface area contributed by atoms with E-state index in [0.29, 0.717) is 19.0 Å². The zero-order chi connectivity index (χ0) is 16.1. The van der Waals surface area contributed by atoms with Gasteiger partial charge in [-0.15, -0.1) is 0 Å². The van der Waals surface area contributed by atoms with Crippen LogP contribution in [0.3, 0.4) is 0 Å². The van der Waals surface area contributed by atoms with E-state index in [1.54, 1.807) is 0 Å². The van der Waals surface area contributed by atoms with Gasteiger partial charge in [0.1, 0.15) is 0 Å². The van der Waals surface area contributed by atoms with Crippen LogP contribution < -0.4 is 5.32 Å². The largest absolute Gasteiger partial charge is 0.350 e. The number of carbonyl (C=O) groups is 2. The highest BCUT2D eigenvalue weighted by molar-refractivity contribution is 5.83. The Morgan fingerprint density at radius 1 is 1.00 bits per heavy atom. The minimum atomic E-state index is 0.0167. The van der Waals surface area contributed by atoms with Crippen molar-refractivity contribution in [2.75, 3.05) is 26.2 Å². The molecule has 3 aliphatic rings. The maximum atomic E-state index is 12.3. The van der Waals surface area contributed by atoms with Gasteiger partial charge < -0.3 is 10.2 Å². The van der Waals surface area contributed by atoms with Gasteiger partial charge in [0.05, 0.1) is 12.6 Å². The lowest BCUT2D eigenvalue weighted by Gasteiger charge is -2.28. The van der Waals surface area contributed by atoms with E-state index >= 15 is 0 Å². The first-order chi connectivity index (χ1) is 11.2. The van der Waals surface area contributed by atoms with Gasteiger partial charge in [-0.3, -0.25) is 14.5 Å². The molecule has 0 radical (unpaired) electrons. The topological polar surface area (TPSA) is 52.7 Å². The molecule has 5 heteroatoms. The number of hydrogen-bond acceptors (Lipinski definition) is 3. The van der Waals surface area contributed by atoms with Gasteiger partial charge in [0.15, 0.2) is 0 Å². The second-order valence-corrected chi connectivity index (χ2v) is 7.50. The predicted octanol–water partition coefficient (Wildman–Crippen LogP) is 1.91. The molecular weight excluding hydrogens is 290 g/mol. The van der Waals surface area contributed by atoms with Gasteiger partial charge in [-0.1, -0.05) is 32.1 Å². The van der Waals surface area contributed by atoms with Crippen molar-refractivity contribution in [3.63, 3.8) is 0 Å². The number of piperidine rings is 1. The Morgan fingerprint density at radius 3 is 2.35 bits per heavy atom. The van der Waals surface area contributed by atoms with Crippen LogP contribution in [0.4, 0.5) is 0 Å². The van der Waals surface area contributed by atoms with Crippen molar-refractivity contribution in [3.8, 4) is 0 Å². The van der Waals surface area contributed by atoms with Crippen molar-refractivity contribution in [1.82, 2.24) is 15.1 Å².